The summed E-state index contributed by atoms with van der Waals surface area (Å²) in [4.78, 5) is 2.42. The Labute approximate surface area is 74.9 Å². The molecule has 2 atom stereocenters. The van der Waals surface area contributed by atoms with E-state index in [1.54, 1.807) is 7.11 Å². The van der Waals surface area contributed by atoms with Crippen molar-refractivity contribution < 1.29 is 4.74 Å². The molecule has 0 amide bonds. The number of ether oxygens (including phenoxy) is 1. The van der Waals surface area contributed by atoms with Gasteiger partial charge in [0.2, 0.25) is 0 Å². The van der Waals surface area contributed by atoms with Gasteiger partial charge in [0.05, 0.1) is 6.61 Å². The SMILES string of the molecule is COC[C@H]1CN(CCN)C[C@@H]1C. The second-order valence-corrected chi connectivity index (χ2v) is 3.74. The Hall–Kier alpha value is -0.120. The van der Waals surface area contributed by atoms with Crippen LogP contribution >= 0.6 is 0 Å². The summed E-state index contributed by atoms with van der Waals surface area (Å²) in [7, 11) is 1.78. The second-order valence-electron chi connectivity index (χ2n) is 3.74. The van der Waals surface area contributed by atoms with Gasteiger partial charge in [0, 0.05) is 33.3 Å². The first-order valence-corrected chi connectivity index (χ1v) is 4.69. The fraction of sp³-hybridized carbons (Fsp3) is 1.00. The van der Waals surface area contributed by atoms with Crippen molar-refractivity contribution in [3.63, 3.8) is 0 Å². The van der Waals surface area contributed by atoms with Crippen LogP contribution in [0.2, 0.25) is 0 Å². The molecule has 1 fully saturated rings. The summed E-state index contributed by atoms with van der Waals surface area (Å²) in [5, 5.41) is 0. The topological polar surface area (TPSA) is 38.5 Å². The van der Waals surface area contributed by atoms with Gasteiger partial charge < -0.3 is 15.4 Å². The van der Waals surface area contributed by atoms with E-state index in [4.69, 9.17) is 10.5 Å². The first kappa shape index (κ1) is 9.96. The highest BCUT2D eigenvalue weighted by Crippen LogP contribution is 2.22. The minimum atomic E-state index is 0.710. The van der Waals surface area contributed by atoms with Gasteiger partial charge in [0.15, 0.2) is 0 Å². The molecule has 12 heavy (non-hydrogen) atoms. The Kier molecular flexibility index (Phi) is 3.98. The Bertz CT molecular complexity index is 130. The maximum absolute atomic E-state index is 5.50. The van der Waals surface area contributed by atoms with Crippen LogP contribution in [0.4, 0.5) is 0 Å². The number of nitrogens with two attached hydrogens (primary N) is 1. The van der Waals surface area contributed by atoms with Gasteiger partial charge in [-0.15, -0.1) is 0 Å². The fourth-order valence-electron chi connectivity index (χ4n) is 1.94. The Morgan fingerprint density at radius 2 is 2.25 bits per heavy atom. The summed E-state index contributed by atoms with van der Waals surface area (Å²) < 4.78 is 5.16. The average molecular weight is 172 g/mol. The minimum Gasteiger partial charge on any atom is -0.384 e. The monoisotopic (exact) mass is 172 g/mol. The van der Waals surface area contributed by atoms with E-state index < -0.39 is 0 Å². The molecule has 3 heteroatoms. The van der Waals surface area contributed by atoms with Crippen molar-refractivity contribution in [1.82, 2.24) is 4.90 Å². The van der Waals surface area contributed by atoms with E-state index in [-0.39, 0.29) is 0 Å². The van der Waals surface area contributed by atoms with Crippen molar-refractivity contribution in [2.75, 3.05) is 39.9 Å². The lowest BCUT2D eigenvalue weighted by atomic mass is 10.00. The third-order valence-corrected chi connectivity index (χ3v) is 2.67. The maximum Gasteiger partial charge on any atom is 0.0505 e. The van der Waals surface area contributed by atoms with Crippen LogP contribution in [-0.2, 0) is 4.74 Å². The fourth-order valence-corrected chi connectivity index (χ4v) is 1.94. The van der Waals surface area contributed by atoms with Crippen LogP contribution in [0.15, 0.2) is 0 Å². The maximum atomic E-state index is 5.50. The Morgan fingerprint density at radius 1 is 1.50 bits per heavy atom. The van der Waals surface area contributed by atoms with Gasteiger partial charge in [0.1, 0.15) is 0 Å². The molecule has 2 N–H and O–H groups in total. The molecule has 1 saturated heterocycles. The summed E-state index contributed by atoms with van der Waals surface area (Å²) >= 11 is 0. The van der Waals surface area contributed by atoms with Gasteiger partial charge >= 0.3 is 0 Å². The van der Waals surface area contributed by atoms with Crippen molar-refractivity contribution in [3.05, 3.63) is 0 Å². The molecule has 0 unspecified atom stereocenters. The van der Waals surface area contributed by atoms with Crippen molar-refractivity contribution in [3.8, 4) is 0 Å². The van der Waals surface area contributed by atoms with Gasteiger partial charge in [-0.05, 0) is 11.8 Å². The molecule has 0 saturated carbocycles. The van der Waals surface area contributed by atoms with E-state index >= 15 is 0 Å². The normalized spacial score (nSPS) is 31.2. The van der Waals surface area contributed by atoms with Crippen molar-refractivity contribution in [2.24, 2.45) is 17.6 Å². The van der Waals surface area contributed by atoms with E-state index in [1.807, 2.05) is 0 Å². The standard InChI is InChI=1S/C9H20N2O/c1-8-5-11(4-3-10)6-9(8)7-12-2/h8-9H,3-7,10H2,1-2H3/t8-,9+/m0/s1. The number of hydrogen-bond donors (Lipinski definition) is 1. The van der Waals surface area contributed by atoms with E-state index in [1.165, 1.54) is 6.54 Å². The molecule has 3 nitrogen and oxygen atoms in total. The average Bonchev–Trinajstić information content (AvgIpc) is 2.34. The van der Waals surface area contributed by atoms with Gasteiger partial charge in [-0.3, -0.25) is 0 Å². The molecule has 0 aromatic heterocycles. The molecule has 1 aliphatic heterocycles. The summed E-state index contributed by atoms with van der Waals surface area (Å²) in [5.74, 6) is 1.47. The highest BCUT2D eigenvalue weighted by molar-refractivity contribution is 4.81. The Balaban J connectivity index is 2.29. The van der Waals surface area contributed by atoms with Gasteiger partial charge in [0.25, 0.3) is 0 Å². The van der Waals surface area contributed by atoms with Crippen LogP contribution in [0.3, 0.4) is 0 Å². The molecule has 0 radical (unpaired) electrons. The molecule has 0 aromatic rings. The lowest BCUT2D eigenvalue weighted by Gasteiger charge is -2.13. The van der Waals surface area contributed by atoms with Crippen LogP contribution in [0.25, 0.3) is 0 Å². The highest BCUT2D eigenvalue weighted by Gasteiger charge is 2.28. The first-order valence-electron chi connectivity index (χ1n) is 4.69. The molecule has 72 valence electrons. The molecule has 0 aromatic carbocycles. The number of methoxy groups -OCH3 is 1. The van der Waals surface area contributed by atoms with Crippen molar-refractivity contribution in [2.45, 2.75) is 6.92 Å². The largest absolute Gasteiger partial charge is 0.384 e. The molecule has 1 heterocycles. The molecule has 0 bridgehead atoms. The lowest BCUT2D eigenvalue weighted by molar-refractivity contribution is 0.140. The molecule has 1 rings (SSSR count). The van der Waals surface area contributed by atoms with Crippen LogP contribution < -0.4 is 5.73 Å². The zero-order valence-corrected chi connectivity index (χ0v) is 8.12. The van der Waals surface area contributed by atoms with Crippen LogP contribution in [0.5, 0.6) is 0 Å². The van der Waals surface area contributed by atoms with E-state index in [0.717, 1.165) is 32.2 Å². The predicted molar refractivity (Wildman–Crippen MR) is 50.0 cm³/mol. The zero-order chi connectivity index (χ0) is 8.97. The number of likely N-dealkylation sites (tertiary alicyclic amines) is 1. The van der Waals surface area contributed by atoms with E-state index in [9.17, 15) is 0 Å². The van der Waals surface area contributed by atoms with Crippen LogP contribution in [-0.4, -0.2) is 44.8 Å². The summed E-state index contributed by atoms with van der Waals surface area (Å²) in [5.41, 5.74) is 5.50. The number of rotatable bonds is 4. The Morgan fingerprint density at radius 3 is 2.83 bits per heavy atom. The summed E-state index contributed by atoms with van der Waals surface area (Å²) in [6, 6.07) is 0. The van der Waals surface area contributed by atoms with Gasteiger partial charge in [-0.1, -0.05) is 6.92 Å². The van der Waals surface area contributed by atoms with Crippen LogP contribution in [0, 0.1) is 11.8 Å². The summed E-state index contributed by atoms with van der Waals surface area (Å²) in [6.07, 6.45) is 0. The third kappa shape index (κ3) is 2.44. The zero-order valence-electron chi connectivity index (χ0n) is 8.12. The van der Waals surface area contributed by atoms with E-state index in [2.05, 4.69) is 11.8 Å². The molecular formula is C9H20N2O. The number of nitrogens with zero attached hydrogens (tertiary/aromatic N) is 1. The minimum absolute atomic E-state index is 0.710. The smallest absolute Gasteiger partial charge is 0.0505 e. The van der Waals surface area contributed by atoms with Gasteiger partial charge in [-0.25, -0.2) is 0 Å². The number of hydrogen-bond acceptors (Lipinski definition) is 3. The summed E-state index contributed by atoms with van der Waals surface area (Å²) in [6.45, 7) is 7.33. The van der Waals surface area contributed by atoms with Crippen molar-refractivity contribution in [1.29, 1.82) is 0 Å². The van der Waals surface area contributed by atoms with E-state index in [0.29, 0.717) is 5.92 Å². The highest BCUT2D eigenvalue weighted by atomic mass is 16.5. The quantitative estimate of drug-likeness (QED) is 0.656. The van der Waals surface area contributed by atoms with Crippen LogP contribution in [0.1, 0.15) is 6.92 Å². The third-order valence-electron chi connectivity index (χ3n) is 2.67. The molecule has 1 aliphatic rings. The first-order chi connectivity index (χ1) is 5.77. The predicted octanol–water partition coefficient (Wildman–Crippen LogP) is 0.159. The van der Waals surface area contributed by atoms with Gasteiger partial charge in [-0.2, -0.15) is 0 Å². The second kappa shape index (κ2) is 4.80. The lowest BCUT2D eigenvalue weighted by Crippen LogP contribution is -2.27. The molecular weight excluding hydrogens is 152 g/mol. The molecule has 0 aliphatic carbocycles. The van der Waals surface area contributed by atoms with Crippen molar-refractivity contribution >= 4 is 0 Å². The molecule has 0 spiro atoms.